The van der Waals surface area contributed by atoms with Crippen LogP contribution in [0.4, 0.5) is 0 Å². The van der Waals surface area contributed by atoms with Gasteiger partial charge in [-0.25, -0.2) is 0 Å². The Morgan fingerprint density at radius 1 is 1.29 bits per heavy atom. The third-order valence-electron chi connectivity index (χ3n) is 5.04. The fourth-order valence-corrected chi connectivity index (χ4v) is 3.66. The minimum atomic E-state index is 0.341. The van der Waals surface area contributed by atoms with Crippen molar-refractivity contribution in [1.29, 1.82) is 0 Å². The normalized spacial score (nSPS) is 35.3. The highest BCUT2D eigenvalue weighted by Gasteiger charge is 2.36. The first kappa shape index (κ1) is 13.3. The van der Waals surface area contributed by atoms with E-state index in [1.165, 1.54) is 38.9 Å². The Labute approximate surface area is 106 Å². The van der Waals surface area contributed by atoms with Gasteiger partial charge in [0.05, 0.1) is 0 Å². The van der Waals surface area contributed by atoms with E-state index >= 15 is 0 Å². The summed E-state index contributed by atoms with van der Waals surface area (Å²) in [5.41, 5.74) is 6.19. The third kappa shape index (κ3) is 2.83. The van der Waals surface area contributed by atoms with Crippen LogP contribution in [0.2, 0.25) is 0 Å². The van der Waals surface area contributed by atoms with Gasteiger partial charge in [0.15, 0.2) is 0 Å². The molecule has 17 heavy (non-hydrogen) atoms. The van der Waals surface area contributed by atoms with Crippen molar-refractivity contribution in [3.05, 3.63) is 0 Å². The molecule has 2 saturated heterocycles. The number of hydrogen-bond donors (Lipinski definition) is 1. The topological polar surface area (TPSA) is 32.5 Å². The lowest BCUT2D eigenvalue weighted by Gasteiger charge is -2.48. The molecule has 0 radical (unpaired) electrons. The number of hydrogen-bond acceptors (Lipinski definition) is 3. The van der Waals surface area contributed by atoms with Crippen LogP contribution in [-0.2, 0) is 0 Å². The molecule has 2 aliphatic heterocycles. The molecular formula is C14H29N3. The van der Waals surface area contributed by atoms with E-state index in [2.05, 4.69) is 30.7 Å². The van der Waals surface area contributed by atoms with Crippen molar-refractivity contribution in [1.82, 2.24) is 9.80 Å². The molecule has 0 aromatic heterocycles. The van der Waals surface area contributed by atoms with E-state index in [1.54, 1.807) is 0 Å². The molecule has 0 amide bonds. The average molecular weight is 239 g/mol. The Balaban J connectivity index is 1.93. The molecule has 2 aliphatic rings. The quantitative estimate of drug-likeness (QED) is 0.810. The standard InChI is InChI=1S/C14H29N3/c1-4-13(15)11(2)17-9-7-14-12(10-17)6-5-8-16(14)3/h11-14H,4-10,15H2,1-3H3. The molecule has 0 spiro atoms. The van der Waals surface area contributed by atoms with E-state index in [0.29, 0.717) is 12.1 Å². The summed E-state index contributed by atoms with van der Waals surface area (Å²) in [7, 11) is 2.30. The van der Waals surface area contributed by atoms with Crippen molar-refractivity contribution in [2.24, 2.45) is 11.7 Å². The van der Waals surface area contributed by atoms with Crippen LogP contribution in [0.5, 0.6) is 0 Å². The second-order valence-electron chi connectivity index (χ2n) is 6.05. The first-order valence-corrected chi connectivity index (χ1v) is 7.33. The maximum absolute atomic E-state index is 6.19. The summed E-state index contributed by atoms with van der Waals surface area (Å²) < 4.78 is 0. The van der Waals surface area contributed by atoms with Crippen molar-refractivity contribution < 1.29 is 0 Å². The lowest BCUT2D eigenvalue weighted by Crippen LogP contribution is -2.57. The summed E-state index contributed by atoms with van der Waals surface area (Å²) >= 11 is 0. The van der Waals surface area contributed by atoms with Gasteiger partial charge < -0.3 is 10.6 Å². The molecular weight excluding hydrogens is 210 g/mol. The third-order valence-corrected chi connectivity index (χ3v) is 5.04. The van der Waals surface area contributed by atoms with Crippen molar-refractivity contribution in [3.8, 4) is 0 Å². The summed E-state index contributed by atoms with van der Waals surface area (Å²) in [5, 5.41) is 0. The minimum Gasteiger partial charge on any atom is -0.326 e. The van der Waals surface area contributed by atoms with Gasteiger partial charge in [0.2, 0.25) is 0 Å². The average Bonchev–Trinajstić information content (AvgIpc) is 2.37. The second kappa shape index (κ2) is 5.68. The van der Waals surface area contributed by atoms with Gasteiger partial charge in [0, 0.05) is 24.7 Å². The Hall–Kier alpha value is -0.120. The van der Waals surface area contributed by atoms with Crippen LogP contribution >= 0.6 is 0 Å². The summed E-state index contributed by atoms with van der Waals surface area (Å²) in [5.74, 6) is 0.883. The van der Waals surface area contributed by atoms with E-state index in [1.807, 2.05) is 0 Å². The van der Waals surface area contributed by atoms with Gasteiger partial charge in [-0.15, -0.1) is 0 Å². The summed E-state index contributed by atoms with van der Waals surface area (Å²) in [6.45, 7) is 8.30. The number of fused-ring (bicyclic) bond motifs is 1. The number of nitrogens with two attached hydrogens (primary N) is 1. The molecule has 0 saturated carbocycles. The van der Waals surface area contributed by atoms with Crippen LogP contribution < -0.4 is 5.73 Å². The van der Waals surface area contributed by atoms with Gasteiger partial charge in [-0.2, -0.15) is 0 Å². The molecule has 100 valence electrons. The van der Waals surface area contributed by atoms with Crippen molar-refractivity contribution >= 4 is 0 Å². The van der Waals surface area contributed by atoms with Gasteiger partial charge in [0.25, 0.3) is 0 Å². The SMILES string of the molecule is CCC(N)C(C)N1CCC2C(CCCN2C)C1. The van der Waals surface area contributed by atoms with Crippen LogP contribution in [0.3, 0.4) is 0 Å². The van der Waals surface area contributed by atoms with Gasteiger partial charge >= 0.3 is 0 Å². The molecule has 4 atom stereocenters. The lowest BCUT2D eigenvalue weighted by atomic mass is 9.83. The molecule has 2 rings (SSSR count). The van der Waals surface area contributed by atoms with Crippen LogP contribution in [0.25, 0.3) is 0 Å². The predicted octanol–water partition coefficient (Wildman–Crippen LogP) is 1.53. The van der Waals surface area contributed by atoms with E-state index in [4.69, 9.17) is 5.73 Å². The number of piperidine rings is 2. The van der Waals surface area contributed by atoms with Crippen molar-refractivity contribution in [2.75, 3.05) is 26.7 Å². The first-order valence-electron chi connectivity index (χ1n) is 7.33. The van der Waals surface area contributed by atoms with E-state index in [9.17, 15) is 0 Å². The zero-order chi connectivity index (χ0) is 12.4. The molecule has 0 aliphatic carbocycles. The number of likely N-dealkylation sites (tertiary alicyclic amines) is 2. The Bertz CT molecular complexity index is 244. The summed E-state index contributed by atoms with van der Waals surface area (Å²) in [6.07, 6.45) is 5.22. The highest BCUT2D eigenvalue weighted by Crippen LogP contribution is 2.30. The molecule has 3 heteroatoms. The van der Waals surface area contributed by atoms with E-state index in [-0.39, 0.29) is 0 Å². The summed E-state index contributed by atoms with van der Waals surface area (Å²) in [6, 6.07) is 1.73. The van der Waals surface area contributed by atoms with Crippen molar-refractivity contribution in [3.63, 3.8) is 0 Å². The monoisotopic (exact) mass is 239 g/mol. The zero-order valence-electron chi connectivity index (χ0n) is 11.7. The molecule has 2 fully saturated rings. The Kier molecular flexibility index (Phi) is 4.45. The van der Waals surface area contributed by atoms with Gasteiger partial charge in [-0.05, 0) is 58.7 Å². The smallest absolute Gasteiger partial charge is 0.0218 e. The molecule has 4 unspecified atom stereocenters. The van der Waals surface area contributed by atoms with Crippen LogP contribution in [0.1, 0.15) is 39.5 Å². The van der Waals surface area contributed by atoms with Gasteiger partial charge in [0.1, 0.15) is 0 Å². The van der Waals surface area contributed by atoms with E-state index < -0.39 is 0 Å². The molecule has 0 bridgehead atoms. The number of rotatable bonds is 3. The first-order chi connectivity index (χ1) is 8.13. The lowest BCUT2D eigenvalue weighted by molar-refractivity contribution is 0.0184. The molecule has 0 aromatic carbocycles. The summed E-state index contributed by atoms with van der Waals surface area (Å²) in [4.78, 5) is 5.21. The van der Waals surface area contributed by atoms with Crippen LogP contribution in [0.15, 0.2) is 0 Å². The molecule has 0 aromatic rings. The Morgan fingerprint density at radius 2 is 2.06 bits per heavy atom. The minimum absolute atomic E-state index is 0.341. The Morgan fingerprint density at radius 3 is 2.76 bits per heavy atom. The van der Waals surface area contributed by atoms with Gasteiger partial charge in [-0.1, -0.05) is 6.92 Å². The molecule has 3 nitrogen and oxygen atoms in total. The fraction of sp³-hybridized carbons (Fsp3) is 1.00. The number of nitrogens with zero attached hydrogens (tertiary/aromatic N) is 2. The molecule has 2 N–H and O–H groups in total. The predicted molar refractivity (Wildman–Crippen MR) is 73.1 cm³/mol. The van der Waals surface area contributed by atoms with E-state index in [0.717, 1.165) is 18.4 Å². The van der Waals surface area contributed by atoms with Crippen LogP contribution in [0, 0.1) is 5.92 Å². The van der Waals surface area contributed by atoms with Gasteiger partial charge in [-0.3, -0.25) is 4.90 Å². The maximum Gasteiger partial charge on any atom is 0.0218 e. The second-order valence-corrected chi connectivity index (χ2v) is 6.05. The van der Waals surface area contributed by atoms with Crippen LogP contribution in [-0.4, -0.2) is 54.6 Å². The maximum atomic E-state index is 6.19. The highest BCUT2D eigenvalue weighted by molar-refractivity contribution is 4.92. The highest BCUT2D eigenvalue weighted by atomic mass is 15.2. The zero-order valence-corrected chi connectivity index (χ0v) is 11.7. The fourth-order valence-electron chi connectivity index (χ4n) is 3.66. The molecule has 2 heterocycles. The largest absolute Gasteiger partial charge is 0.326 e. The van der Waals surface area contributed by atoms with Crippen molar-refractivity contribution in [2.45, 2.75) is 57.7 Å².